The predicted molar refractivity (Wildman–Crippen MR) is 97.2 cm³/mol. The van der Waals surface area contributed by atoms with Crippen LogP contribution in [0.25, 0.3) is 11.3 Å². The van der Waals surface area contributed by atoms with Crippen LogP contribution in [0.15, 0.2) is 71.6 Å². The van der Waals surface area contributed by atoms with Crippen LogP contribution in [-0.4, -0.2) is 15.9 Å². The maximum Gasteiger partial charge on any atom is 0.224 e. The zero-order valence-corrected chi connectivity index (χ0v) is 14.5. The molecule has 120 valence electrons. The van der Waals surface area contributed by atoms with Gasteiger partial charge in [0.05, 0.1) is 12.1 Å². The van der Waals surface area contributed by atoms with Crippen LogP contribution < -0.4 is 5.32 Å². The molecule has 0 radical (unpaired) electrons. The summed E-state index contributed by atoms with van der Waals surface area (Å²) in [6.45, 7) is 0.468. The third-order valence-corrected chi connectivity index (χ3v) is 4.08. The molecular weight excluding hydrogens is 366 g/mol. The fourth-order valence-corrected chi connectivity index (χ4v) is 2.53. The highest BCUT2D eigenvalue weighted by Crippen LogP contribution is 2.15. The van der Waals surface area contributed by atoms with E-state index in [0.717, 1.165) is 26.9 Å². The third-order valence-electron chi connectivity index (χ3n) is 3.55. The van der Waals surface area contributed by atoms with Gasteiger partial charge >= 0.3 is 0 Å². The average Bonchev–Trinajstić information content (AvgIpc) is 2.63. The second kappa shape index (κ2) is 7.84. The molecule has 0 saturated carbocycles. The number of hydrogen-bond acceptors (Lipinski definition) is 3. The van der Waals surface area contributed by atoms with Gasteiger partial charge in [-0.05, 0) is 41.5 Å². The largest absolute Gasteiger partial charge is 0.352 e. The zero-order valence-electron chi connectivity index (χ0n) is 12.9. The molecule has 2 aromatic heterocycles. The number of rotatable bonds is 5. The molecule has 0 fully saturated rings. The Kier molecular flexibility index (Phi) is 5.33. The van der Waals surface area contributed by atoms with Gasteiger partial charge < -0.3 is 5.32 Å². The molecule has 0 spiro atoms. The molecule has 1 N–H and O–H groups in total. The van der Waals surface area contributed by atoms with E-state index < -0.39 is 0 Å². The first-order chi connectivity index (χ1) is 11.7. The van der Waals surface area contributed by atoms with E-state index in [1.807, 2.05) is 48.5 Å². The van der Waals surface area contributed by atoms with Gasteiger partial charge in [-0.1, -0.05) is 34.1 Å². The van der Waals surface area contributed by atoms with Crippen molar-refractivity contribution in [1.29, 1.82) is 0 Å². The number of carbonyl (C=O) groups is 1. The van der Waals surface area contributed by atoms with E-state index in [1.54, 1.807) is 18.6 Å². The minimum Gasteiger partial charge on any atom is -0.352 e. The maximum atomic E-state index is 12.0. The Bertz CT molecular complexity index is 802. The van der Waals surface area contributed by atoms with Gasteiger partial charge in [0.15, 0.2) is 0 Å². The monoisotopic (exact) mass is 381 g/mol. The number of amides is 1. The smallest absolute Gasteiger partial charge is 0.224 e. The Morgan fingerprint density at radius 3 is 2.46 bits per heavy atom. The topological polar surface area (TPSA) is 54.9 Å². The Labute approximate surface area is 149 Å². The summed E-state index contributed by atoms with van der Waals surface area (Å²) in [5, 5.41) is 2.92. The number of nitrogens with one attached hydrogen (secondary N) is 1. The molecule has 0 atom stereocenters. The van der Waals surface area contributed by atoms with Crippen molar-refractivity contribution in [3.63, 3.8) is 0 Å². The van der Waals surface area contributed by atoms with Gasteiger partial charge in [-0.15, -0.1) is 0 Å². The summed E-state index contributed by atoms with van der Waals surface area (Å²) >= 11 is 3.38. The van der Waals surface area contributed by atoms with E-state index in [9.17, 15) is 4.79 Å². The first-order valence-corrected chi connectivity index (χ1v) is 8.36. The number of pyridine rings is 2. The van der Waals surface area contributed by atoms with Crippen LogP contribution in [0.3, 0.4) is 0 Å². The minimum atomic E-state index is -0.00587. The van der Waals surface area contributed by atoms with Crippen LogP contribution in [-0.2, 0) is 17.8 Å². The fraction of sp³-hybridized carbons (Fsp3) is 0.105. The van der Waals surface area contributed by atoms with Gasteiger partial charge in [0.2, 0.25) is 5.91 Å². The Hall–Kier alpha value is -2.53. The number of benzene rings is 1. The van der Waals surface area contributed by atoms with Crippen molar-refractivity contribution < 1.29 is 4.79 Å². The zero-order chi connectivity index (χ0) is 16.8. The van der Waals surface area contributed by atoms with Crippen molar-refractivity contribution in [2.75, 3.05) is 0 Å². The normalized spacial score (nSPS) is 10.4. The highest BCUT2D eigenvalue weighted by molar-refractivity contribution is 9.10. The van der Waals surface area contributed by atoms with E-state index in [-0.39, 0.29) is 5.91 Å². The highest BCUT2D eigenvalue weighted by atomic mass is 79.9. The number of carbonyl (C=O) groups excluding carboxylic acids is 1. The fourth-order valence-electron chi connectivity index (χ4n) is 2.26. The summed E-state index contributed by atoms with van der Waals surface area (Å²) in [7, 11) is 0. The molecule has 0 aliphatic carbocycles. The molecule has 0 bridgehead atoms. The lowest BCUT2D eigenvalue weighted by molar-refractivity contribution is -0.120. The third kappa shape index (κ3) is 4.49. The summed E-state index contributed by atoms with van der Waals surface area (Å²) < 4.78 is 1.01. The van der Waals surface area contributed by atoms with E-state index in [1.165, 1.54) is 0 Å². The van der Waals surface area contributed by atoms with Crippen molar-refractivity contribution in [2.45, 2.75) is 13.0 Å². The number of nitrogens with zero attached hydrogens (tertiary/aromatic N) is 2. The lowest BCUT2D eigenvalue weighted by Gasteiger charge is -2.06. The van der Waals surface area contributed by atoms with E-state index in [0.29, 0.717) is 13.0 Å². The van der Waals surface area contributed by atoms with Crippen molar-refractivity contribution >= 4 is 21.8 Å². The van der Waals surface area contributed by atoms with Crippen LogP contribution >= 0.6 is 15.9 Å². The predicted octanol–water partition coefficient (Wildman–Crippen LogP) is 3.77. The second-order valence-electron chi connectivity index (χ2n) is 5.37. The summed E-state index contributed by atoms with van der Waals surface area (Å²) in [4.78, 5) is 20.5. The molecule has 0 saturated heterocycles. The summed E-state index contributed by atoms with van der Waals surface area (Å²) in [6, 6.07) is 15.5. The van der Waals surface area contributed by atoms with Gasteiger partial charge in [0, 0.05) is 35.2 Å². The Morgan fingerprint density at radius 2 is 1.79 bits per heavy atom. The molecule has 1 amide bonds. The first kappa shape index (κ1) is 16.3. The van der Waals surface area contributed by atoms with Gasteiger partial charge in [-0.2, -0.15) is 0 Å². The molecule has 0 aliphatic heterocycles. The van der Waals surface area contributed by atoms with E-state index >= 15 is 0 Å². The van der Waals surface area contributed by atoms with Crippen molar-refractivity contribution in [3.8, 4) is 11.3 Å². The average molecular weight is 382 g/mol. The van der Waals surface area contributed by atoms with Gasteiger partial charge in [-0.3, -0.25) is 14.8 Å². The van der Waals surface area contributed by atoms with Crippen LogP contribution in [0.4, 0.5) is 0 Å². The summed E-state index contributed by atoms with van der Waals surface area (Å²) in [5.74, 6) is -0.00587. The Morgan fingerprint density at radius 1 is 1.00 bits per heavy atom. The van der Waals surface area contributed by atoms with Gasteiger partial charge in [0.25, 0.3) is 0 Å². The first-order valence-electron chi connectivity index (χ1n) is 7.57. The maximum absolute atomic E-state index is 12.0. The SMILES string of the molecule is O=C(Cc1ccc(Br)cc1)NCc1ccc(-c2cccnc2)nc1. The lowest BCUT2D eigenvalue weighted by Crippen LogP contribution is -2.24. The van der Waals surface area contributed by atoms with Gasteiger partial charge in [-0.25, -0.2) is 0 Å². The van der Waals surface area contributed by atoms with Gasteiger partial charge in [0.1, 0.15) is 0 Å². The molecular formula is C19H16BrN3O. The van der Waals surface area contributed by atoms with Crippen LogP contribution in [0.1, 0.15) is 11.1 Å². The van der Waals surface area contributed by atoms with Crippen LogP contribution in [0, 0.1) is 0 Å². The lowest BCUT2D eigenvalue weighted by atomic mass is 10.1. The van der Waals surface area contributed by atoms with Crippen molar-refractivity contribution in [3.05, 3.63) is 82.7 Å². The standard InChI is InChI=1S/C19H16BrN3O/c20-17-6-3-14(4-7-17)10-19(24)23-12-15-5-8-18(22-11-15)16-2-1-9-21-13-16/h1-9,11,13H,10,12H2,(H,23,24). The molecule has 24 heavy (non-hydrogen) atoms. The molecule has 3 rings (SSSR count). The molecule has 5 heteroatoms. The molecule has 4 nitrogen and oxygen atoms in total. The minimum absolute atomic E-state index is 0.00587. The number of halogens is 1. The van der Waals surface area contributed by atoms with Crippen LogP contribution in [0.5, 0.6) is 0 Å². The molecule has 0 unspecified atom stereocenters. The second-order valence-corrected chi connectivity index (χ2v) is 6.29. The van der Waals surface area contributed by atoms with Crippen molar-refractivity contribution in [2.24, 2.45) is 0 Å². The highest BCUT2D eigenvalue weighted by Gasteiger charge is 2.04. The Balaban J connectivity index is 1.54. The molecule has 2 heterocycles. The summed E-state index contributed by atoms with van der Waals surface area (Å²) in [5.41, 5.74) is 3.80. The summed E-state index contributed by atoms with van der Waals surface area (Å²) in [6.07, 6.45) is 5.66. The molecule has 0 aliphatic rings. The molecule has 1 aromatic carbocycles. The van der Waals surface area contributed by atoms with E-state index in [4.69, 9.17) is 0 Å². The number of aromatic nitrogens is 2. The van der Waals surface area contributed by atoms with Crippen LogP contribution in [0.2, 0.25) is 0 Å². The number of hydrogen-bond donors (Lipinski definition) is 1. The quantitative estimate of drug-likeness (QED) is 0.731. The van der Waals surface area contributed by atoms with Crippen molar-refractivity contribution in [1.82, 2.24) is 15.3 Å². The molecule has 3 aromatic rings. The van der Waals surface area contributed by atoms with E-state index in [2.05, 4.69) is 31.2 Å².